The fraction of sp³-hybridized carbons (Fsp3) is 0.200. The summed E-state index contributed by atoms with van der Waals surface area (Å²) in [6.45, 7) is 1.96. The first kappa shape index (κ1) is 13.5. The molecule has 1 N–H and O–H groups in total. The van der Waals surface area contributed by atoms with Crippen molar-refractivity contribution in [2.45, 2.75) is 19.4 Å². The average Bonchev–Trinajstić information content (AvgIpc) is 2.41. The molecule has 1 atom stereocenters. The Morgan fingerprint density at radius 2 is 1.63 bits per heavy atom. The van der Waals surface area contributed by atoms with Gasteiger partial charge < -0.3 is 5.32 Å². The molecule has 0 heterocycles. The summed E-state index contributed by atoms with van der Waals surface area (Å²) in [4.78, 5) is 0. The van der Waals surface area contributed by atoms with Crippen LogP contribution in [0.2, 0.25) is 0 Å². The lowest BCUT2D eigenvalue weighted by molar-refractivity contribution is 0.509. The molecule has 0 aliphatic rings. The molecule has 0 aromatic heterocycles. The molecule has 100 valence electrons. The highest BCUT2D eigenvalue weighted by atomic mass is 19.2. The van der Waals surface area contributed by atoms with Gasteiger partial charge in [0.2, 0.25) is 0 Å². The summed E-state index contributed by atoms with van der Waals surface area (Å²) in [5, 5.41) is 3.10. The first-order valence-corrected chi connectivity index (χ1v) is 6.07. The molecule has 0 saturated carbocycles. The van der Waals surface area contributed by atoms with E-state index in [9.17, 15) is 13.2 Å². The van der Waals surface area contributed by atoms with Crippen LogP contribution >= 0.6 is 0 Å². The second-order valence-electron chi connectivity index (χ2n) is 4.29. The van der Waals surface area contributed by atoms with Crippen LogP contribution in [0.3, 0.4) is 0 Å². The molecule has 0 aliphatic heterocycles. The van der Waals surface area contributed by atoms with Gasteiger partial charge in [0.15, 0.2) is 11.6 Å². The predicted molar refractivity (Wildman–Crippen MR) is 69.4 cm³/mol. The van der Waals surface area contributed by atoms with E-state index in [2.05, 4.69) is 5.32 Å². The zero-order valence-electron chi connectivity index (χ0n) is 10.5. The summed E-state index contributed by atoms with van der Waals surface area (Å²) in [5.41, 5.74) is 1.39. The molecule has 2 rings (SSSR count). The fourth-order valence-electron chi connectivity index (χ4n) is 1.90. The van der Waals surface area contributed by atoms with Gasteiger partial charge in [-0.1, -0.05) is 19.1 Å². The van der Waals surface area contributed by atoms with Crippen molar-refractivity contribution in [2.75, 3.05) is 5.32 Å². The van der Waals surface area contributed by atoms with Crippen molar-refractivity contribution in [3.05, 3.63) is 65.5 Å². The van der Waals surface area contributed by atoms with E-state index < -0.39 is 11.6 Å². The lowest BCUT2D eigenvalue weighted by Crippen LogP contribution is -2.10. The molecular weight excluding hydrogens is 251 g/mol. The van der Waals surface area contributed by atoms with Crippen LogP contribution in [0.4, 0.5) is 18.9 Å². The van der Waals surface area contributed by atoms with Crippen molar-refractivity contribution >= 4 is 5.69 Å². The van der Waals surface area contributed by atoms with Gasteiger partial charge in [-0.05, 0) is 36.2 Å². The minimum atomic E-state index is -0.890. The Morgan fingerprint density at radius 3 is 2.21 bits per heavy atom. The summed E-state index contributed by atoms with van der Waals surface area (Å²) in [7, 11) is 0. The topological polar surface area (TPSA) is 12.0 Å². The first-order chi connectivity index (χ1) is 9.10. The van der Waals surface area contributed by atoms with Crippen LogP contribution in [0.5, 0.6) is 0 Å². The molecule has 0 saturated heterocycles. The van der Waals surface area contributed by atoms with Gasteiger partial charge in [0.25, 0.3) is 0 Å². The minimum Gasteiger partial charge on any atom is -0.378 e. The van der Waals surface area contributed by atoms with Crippen LogP contribution in [0.25, 0.3) is 0 Å². The van der Waals surface area contributed by atoms with Crippen molar-refractivity contribution < 1.29 is 13.2 Å². The van der Waals surface area contributed by atoms with Crippen molar-refractivity contribution in [1.29, 1.82) is 0 Å². The second kappa shape index (κ2) is 5.78. The van der Waals surface area contributed by atoms with Crippen LogP contribution < -0.4 is 5.32 Å². The summed E-state index contributed by atoms with van der Waals surface area (Å²) >= 11 is 0. The van der Waals surface area contributed by atoms with Crippen molar-refractivity contribution in [3.8, 4) is 0 Å². The molecule has 0 amide bonds. The SMILES string of the molecule is CCC(Nc1ccc(F)c(F)c1)c1ccc(F)cc1. The van der Waals surface area contributed by atoms with Crippen molar-refractivity contribution in [1.82, 2.24) is 0 Å². The molecule has 0 fully saturated rings. The van der Waals surface area contributed by atoms with Crippen LogP contribution in [-0.4, -0.2) is 0 Å². The number of hydrogen-bond acceptors (Lipinski definition) is 1. The minimum absolute atomic E-state index is 0.0783. The van der Waals surface area contributed by atoms with E-state index in [1.165, 1.54) is 18.2 Å². The van der Waals surface area contributed by atoms with E-state index >= 15 is 0 Å². The normalized spacial score (nSPS) is 12.2. The summed E-state index contributed by atoms with van der Waals surface area (Å²) < 4.78 is 38.8. The van der Waals surface area contributed by atoms with Crippen LogP contribution in [0.1, 0.15) is 24.9 Å². The maximum atomic E-state index is 13.1. The smallest absolute Gasteiger partial charge is 0.160 e. The monoisotopic (exact) mass is 265 g/mol. The molecule has 4 heteroatoms. The zero-order chi connectivity index (χ0) is 13.8. The quantitative estimate of drug-likeness (QED) is 0.847. The lowest BCUT2D eigenvalue weighted by atomic mass is 10.0. The molecule has 2 aromatic rings. The number of benzene rings is 2. The van der Waals surface area contributed by atoms with Crippen molar-refractivity contribution in [3.63, 3.8) is 0 Å². The molecule has 2 aromatic carbocycles. The highest BCUT2D eigenvalue weighted by molar-refractivity contribution is 5.46. The van der Waals surface area contributed by atoms with Crippen LogP contribution in [0, 0.1) is 17.5 Å². The summed E-state index contributed by atoms with van der Waals surface area (Å²) in [5.74, 6) is -2.06. The third-order valence-corrected chi connectivity index (χ3v) is 2.94. The number of nitrogens with one attached hydrogen (secondary N) is 1. The largest absolute Gasteiger partial charge is 0.378 e. The highest BCUT2D eigenvalue weighted by Gasteiger charge is 2.10. The Bertz CT molecular complexity index is 552. The Balaban J connectivity index is 2.18. The van der Waals surface area contributed by atoms with Gasteiger partial charge in [-0.3, -0.25) is 0 Å². The van der Waals surface area contributed by atoms with Gasteiger partial charge in [0.1, 0.15) is 5.82 Å². The predicted octanol–water partition coefficient (Wildman–Crippen LogP) is 4.67. The van der Waals surface area contributed by atoms with E-state index in [1.54, 1.807) is 12.1 Å². The summed E-state index contributed by atoms with van der Waals surface area (Å²) in [6.07, 6.45) is 0.741. The van der Waals surface area contributed by atoms with Gasteiger partial charge >= 0.3 is 0 Å². The number of halogens is 3. The van der Waals surface area contributed by atoms with E-state index in [-0.39, 0.29) is 11.9 Å². The second-order valence-corrected chi connectivity index (χ2v) is 4.29. The maximum absolute atomic E-state index is 13.1. The summed E-state index contributed by atoms with van der Waals surface area (Å²) in [6, 6.07) is 9.70. The molecule has 0 bridgehead atoms. The zero-order valence-corrected chi connectivity index (χ0v) is 10.5. The fourth-order valence-corrected chi connectivity index (χ4v) is 1.90. The van der Waals surface area contributed by atoms with Gasteiger partial charge in [0, 0.05) is 11.8 Å². The molecule has 0 spiro atoms. The van der Waals surface area contributed by atoms with Gasteiger partial charge in [-0.2, -0.15) is 0 Å². The van der Waals surface area contributed by atoms with Crippen molar-refractivity contribution in [2.24, 2.45) is 0 Å². The molecular formula is C15H14F3N. The van der Waals surface area contributed by atoms with Gasteiger partial charge in [-0.25, -0.2) is 13.2 Å². The first-order valence-electron chi connectivity index (χ1n) is 6.07. The Morgan fingerprint density at radius 1 is 0.947 bits per heavy atom. The molecule has 0 aliphatic carbocycles. The third-order valence-electron chi connectivity index (χ3n) is 2.94. The Kier molecular flexibility index (Phi) is 4.10. The average molecular weight is 265 g/mol. The number of rotatable bonds is 4. The Labute approximate surface area is 110 Å². The van der Waals surface area contributed by atoms with Gasteiger partial charge in [0.05, 0.1) is 6.04 Å². The lowest BCUT2D eigenvalue weighted by Gasteiger charge is -2.19. The van der Waals surface area contributed by atoms with E-state index in [0.717, 1.165) is 24.1 Å². The van der Waals surface area contributed by atoms with E-state index in [1.807, 2.05) is 6.92 Å². The van der Waals surface area contributed by atoms with Gasteiger partial charge in [-0.15, -0.1) is 0 Å². The molecule has 1 unspecified atom stereocenters. The molecule has 1 nitrogen and oxygen atoms in total. The highest BCUT2D eigenvalue weighted by Crippen LogP contribution is 2.23. The van der Waals surface area contributed by atoms with Crippen LogP contribution in [0.15, 0.2) is 42.5 Å². The van der Waals surface area contributed by atoms with E-state index in [4.69, 9.17) is 0 Å². The standard InChI is InChI=1S/C15H14F3N/c1-2-15(10-3-5-11(16)6-4-10)19-12-7-8-13(17)14(18)9-12/h3-9,15,19H,2H2,1H3. The molecule has 19 heavy (non-hydrogen) atoms. The third kappa shape index (κ3) is 3.28. The Hall–Kier alpha value is -1.97. The van der Waals surface area contributed by atoms with E-state index in [0.29, 0.717) is 5.69 Å². The number of anilines is 1. The molecule has 0 radical (unpaired) electrons. The maximum Gasteiger partial charge on any atom is 0.160 e. The van der Waals surface area contributed by atoms with Crippen LogP contribution in [-0.2, 0) is 0 Å². The number of hydrogen-bond donors (Lipinski definition) is 1.